The third-order valence-electron chi connectivity index (χ3n) is 3.93. The lowest BCUT2D eigenvalue weighted by Gasteiger charge is -2.37. The molecule has 0 fully saturated rings. The van der Waals surface area contributed by atoms with E-state index in [1.165, 1.54) is 30.7 Å². The van der Waals surface area contributed by atoms with Crippen LogP contribution in [-0.4, -0.2) is 6.54 Å². The number of rotatable bonds is 5. The summed E-state index contributed by atoms with van der Waals surface area (Å²) in [6.07, 6.45) is 2.34. The summed E-state index contributed by atoms with van der Waals surface area (Å²) in [5.41, 5.74) is 4.40. The van der Waals surface area contributed by atoms with Crippen molar-refractivity contribution in [2.45, 2.75) is 31.7 Å². The molecule has 1 N–H and O–H groups in total. The van der Waals surface area contributed by atoms with E-state index in [0.717, 1.165) is 13.0 Å². The Morgan fingerprint density at radius 2 is 2.15 bits per heavy atom. The van der Waals surface area contributed by atoms with Gasteiger partial charge in [0.1, 0.15) is 0 Å². The smallest absolute Gasteiger partial charge is 0.0758 e. The van der Waals surface area contributed by atoms with Crippen molar-refractivity contribution in [2.75, 3.05) is 6.54 Å². The first kappa shape index (κ1) is 14.8. The number of nitrogens with one attached hydrogen (secondary N) is 1. The minimum Gasteiger partial charge on any atom is -0.309 e. The molecule has 3 rings (SSSR count). The largest absolute Gasteiger partial charge is 0.309 e. The number of hydrogen-bond donors (Lipinski definition) is 1. The van der Waals surface area contributed by atoms with Crippen LogP contribution in [0.25, 0.3) is 0 Å². The lowest BCUT2D eigenvalue weighted by Crippen LogP contribution is -2.33. The SMILES string of the molecule is CCCNC(c1cc(Br)sc1Br)C1Cc2ccccc21. The van der Waals surface area contributed by atoms with Gasteiger partial charge in [-0.3, -0.25) is 0 Å². The molecule has 2 aromatic rings. The maximum absolute atomic E-state index is 3.74. The van der Waals surface area contributed by atoms with Gasteiger partial charge in [0.2, 0.25) is 0 Å². The number of fused-ring (bicyclic) bond motifs is 1. The van der Waals surface area contributed by atoms with Crippen LogP contribution in [-0.2, 0) is 6.42 Å². The summed E-state index contributed by atoms with van der Waals surface area (Å²) in [5.74, 6) is 0.593. The van der Waals surface area contributed by atoms with Gasteiger partial charge in [-0.2, -0.15) is 0 Å². The maximum atomic E-state index is 3.74. The molecule has 1 aliphatic carbocycles. The van der Waals surface area contributed by atoms with Crippen molar-refractivity contribution in [2.24, 2.45) is 0 Å². The Bertz CT molecular complexity index is 608. The molecule has 2 unspecified atom stereocenters. The molecule has 1 aromatic heterocycles. The van der Waals surface area contributed by atoms with E-state index in [0.29, 0.717) is 12.0 Å². The van der Waals surface area contributed by atoms with Crippen LogP contribution < -0.4 is 5.32 Å². The number of halogens is 2. The Morgan fingerprint density at radius 3 is 2.80 bits per heavy atom. The Morgan fingerprint density at radius 1 is 1.35 bits per heavy atom. The quantitative estimate of drug-likeness (QED) is 0.665. The highest BCUT2D eigenvalue weighted by atomic mass is 79.9. The van der Waals surface area contributed by atoms with E-state index in [1.807, 2.05) is 0 Å². The molecule has 1 nitrogen and oxygen atoms in total. The van der Waals surface area contributed by atoms with Gasteiger partial charge < -0.3 is 5.32 Å². The molecule has 1 aliphatic rings. The normalized spacial score (nSPS) is 18.4. The van der Waals surface area contributed by atoms with Gasteiger partial charge in [-0.05, 0) is 74.0 Å². The van der Waals surface area contributed by atoms with Crippen molar-refractivity contribution in [3.63, 3.8) is 0 Å². The molecule has 0 saturated carbocycles. The minimum absolute atomic E-state index is 0.404. The zero-order valence-electron chi connectivity index (χ0n) is 11.3. The molecule has 1 heterocycles. The average Bonchev–Trinajstić information content (AvgIpc) is 2.74. The summed E-state index contributed by atoms with van der Waals surface area (Å²) in [6.45, 7) is 3.28. The third kappa shape index (κ3) is 2.76. The number of hydrogen-bond acceptors (Lipinski definition) is 2. The summed E-state index contributed by atoms with van der Waals surface area (Å²) in [5, 5.41) is 3.74. The van der Waals surface area contributed by atoms with Crippen molar-refractivity contribution in [3.05, 3.63) is 54.6 Å². The Balaban J connectivity index is 1.90. The van der Waals surface area contributed by atoms with E-state index in [1.54, 1.807) is 11.3 Å². The molecule has 0 spiro atoms. The Kier molecular flexibility index (Phi) is 4.65. The molecule has 2 atom stereocenters. The van der Waals surface area contributed by atoms with Crippen LogP contribution in [0.2, 0.25) is 0 Å². The molecule has 106 valence electrons. The van der Waals surface area contributed by atoms with Crippen molar-refractivity contribution < 1.29 is 0 Å². The molecule has 1 aromatic carbocycles. The van der Waals surface area contributed by atoms with Crippen molar-refractivity contribution in [3.8, 4) is 0 Å². The fraction of sp³-hybridized carbons (Fsp3) is 0.375. The third-order valence-corrected chi connectivity index (χ3v) is 6.31. The molecular formula is C16H17Br2NS. The van der Waals surface area contributed by atoms with Gasteiger partial charge in [0.15, 0.2) is 0 Å². The van der Waals surface area contributed by atoms with E-state index in [9.17, 15) is 0 Å². The first-order chi connectivity index (χ1) is 9.70. The van der Waals surface area contributed by atoms with Gasteiger partial charge in [-0.25, -0.2) is 0 Å². The van der Waals surface area contributed by atoms with Gasteiger partial charge >= 0.3 is 0 Å². The summed E-state index contributed by atoms with van der Waals surface area (Å²) < 4.78 is 2.43. The van der Waals surface area contributed by atoms with Gasteiger partial charge in [0.05, 0.1) is 7.57 Å². The van der Waals surface area contributed by atoms with Crippen LogP contribution in [0.15, 0.2) is 37.9 Å². The van der Waals surface area contributed by atoms with E-state index in [4.69, 9.17) is 0 Å². The van der Waals surface area contributed by atoms with Crippen LogP contribution in [0.4, 0.5) is 0 Å². The van der Waals surface area contributed by atoms with Crippen LogP contribution in [0.5, 0.6) is 0 Å². The molecule has 0 radical (unpaired) electrons. The number of benzene rings is 1. The molecule has 0 saturated heterocycles. The molecular weight excluding hydrogens is 398 g/mol. The summed E-state index contributed by atoms with van der Waals surface area (Å²) in [4.78, 5) is 0. The highest BCUT2D eigenvalue weighted by molar-refractivity contribution is 9.12. The van der Waals surface area contributed by atoms with Gasteiger partial charge in [-0.1, -0.05) is 31.2 Å². The average molecular weight is 415 g/mol. The molecule has 0 bridgehead atoms. The second-order valence-electron chi connectivity index (χ2n) is 5.22. The second kappa shape index (κ2) is 6.30. The van der Waals surface area contributed by atoms with Crippen molar-refractivity contribution in [1.82, 2.24) is 5.32 Å². The summed E-state index contributed by atoms with van der Waals surface area (Å²) in [7, 11) is 0. The predicted molar refractivity (Wildman–Crippen MR) is 93.6 cm³/mol. The maximum Gasteiger partial charge on any atom is 0.0758 e. The van der Waals surface area contributed by atoms with E-state index >= 15 is 0 Å². The Hall–Kier alpha value is -0.160. The van der Waals surface area contributed by atoms with Crippen molar-refractivity contribution >= 4 is 43.2 Å². The highest BCUT2D eigenvalue weighted by Crippen LogP contribution is 2.47. The Labute approximate surface area is 141 Å². The van der Waals surface area contributed by atoms with E-state index in [-0.39, 0.29) is 0 Å². The monoisotopic (exact) mass is 413 g/mol. The minimum atomic E-state index is 0.404. The standard InChI is InChI=1S/C16H17Br2NS/c1-2-7-19-15(13-9-14(17)20-16(13)18)12-8-10-5-3-4-6-11(10)12/h3-6,9,12,15,19H,2,7-8H2,1H3. The summed E-state index contributed by atoms with van der Waals surface area (Å²) in [6, 6.07) is 11.5. The first-order valence-electron chi connectivity index (χ1n) is 6.96. The summed E-state index contributed by atoms with van der Waals surface area (Å²) >= 11 is 9.08. The topological polar surface area (TPSA) is 12.0 Å². The van der Waals surface area contributed by atoms with Gasteiger partial charge in [-0.15, -0.1) is 11.3 Å². The van der Waals surface area contributed by atoms with Crippen LogP contribution in [0.3, 0.4) is 0 Å². The van der Waals surface area contributed by atoms with Gasteiger partial charge in [0, 0.05) is 12.0 Å². The zero-order chi connectivity index (χ0) is 14.1. The van der Waals surface area contributed by atoms with Crippen LogP contribution in [0, 0.1) is 0 Å². The lowest BCUT2D eigenvalue weighted by molar-refractivity contribution is 0.411. The van der Waals surface area contributed by atoms with Crippen molar-refractivity contribution in [1.29, 1.82) is 0 Å². The first-order valence-corrected chi connectivity index (χ1v) is 9.37. The zero-order valence-corrected chi connectivity index (χ0v) is 15.3. The molecule has 20 heavy (non-hydrogen) atoms. The van der Waals surface area contributed by atoms with E-state index < -0.39 is 0 Å². The molecule has 0 aliphatic heterocycles. The number of thiophene rings is 1. The molecule has 4 heteroatoms. The van der Waals surface area contributed by atoms with Crippen LogP contribution >= 0.6 is 43.2 Å². The second-order valence-corrected chi connectivity index (χ2v) is 8.97. The predicted octanol–water partition coefficient (Wildman–Crippen LogP) is 5.65. The lowest BCUT2D eigenvalue weighted by atomic mass is 9.72. The van der Waals surface area contributed by atoms with Gasteiger partial charge in [0.25, 0.3) is 0 Å². The molecule has 0 amide bonds. The highest BCUT2D eigenvalue weighted by Gasteiger charge is 2.34. The van der Waals surface area contributed by atoms with E-state index in [2.05, 4.69) is 74.4 Å². The van der Waals surface area contributed by atoms with Crippen LogP contribution in [0.1, 0.15) is 42.0 Å². The fourth-order valence-corrected chi connectivity index (χ4v) is 5.86. The fourth-order valence-electron chi connectivity index (χ4n) is 2.93.